The Bertz CT molecular complexity index is 549. The molecule has 4 aliphatic carbocycles. The van der Waals surface area contributed by atoms with E-state index < -0.39 is 0 Å². The van der Waals surface area contributed by atoms with Gasteiger partial charge < -0.3 is 14.6 Å². The Morgan fingerprint density at radius 1 is 1.08 bits per heavy atom. The highest BCUT2D eigenvalue weighted by atomic mass is 79.9. The molecule has 4 saturated carbocycles. The van der Waals surface area contributed by atoms with E-state index in [4.69, 9.17) is 9.47 Å². The Kier molecular flexibility index (Phi) is 6.07. The standard InChI is InChI=1S/C21H30Br2O3/c22-12-18-19(23)17(20(24)26-18)4-2-1-3-5-25-13-21-9-14-6-15(10-21)8-16(7-14)11-21/h12,14-16,19,24H,1-11,13H2. The summed E-state index contributed by atoms with van der Waals surface area (Å²) >= 11 is 6.84. The normalized spacial score (nSPS) is 39.8. The molecule has 0 aromatic heterocycles. The molecule has 1 unspecified atom stereocenters. The summed E-state index contributed by atoms with van der Waals surface area (Å²) in [6.07, 6.45) is 13.0. The van der Waals surface area contributed by atoms with Crippen molar-refractivity contribution in [3.05, 3.63) is 22.3 Å². The first-order chi connectivity index (χ1) is 12.6. The van der Waals surface area contributed by atoms with Gasteiger partial charge in [-0.15, -0.1) is 0 Å². The van der Waals surface area contributed by atoms with Crippen LogP contribution in [-0.2, 0) is 9.47 Å². The van der Waals surface area contributed by atoms with E-state index in [2.05, 4.69) is 31.9 Å². The molecule has 5 heteroatoms. The molecule has 1 N–H and O–H groups in total. The fraction of sp³-hybridized carbons (Fsp3) is 0.810. The number of ether oxygens (including phenoxy) is 2. The predicted octanol–water partition coefficient (Wildman–Crippen LogP) is 6.58. The minimum absolute atomic E-state index is 0.00536. The second-order valence-corrected chi connectivity index (χ2v) is 10.5. The summed E-state index contributed by atoms with van der Waals surface area (Å²) < 4.78 is 11.5. The zero-order chi connectivity index (χ0) is 18.1. The molecular weight excluding hydrogens is 460 g/mol. The number of halogens is 2. The summed E-state index contributed by atoms with van der Waals surface area (Å²) in [6, 6.07) is 0. The fourth-order valence-electron chi connectivity index (χ4n) is 6.27. The first-order valence-corrected chi connectivity index (χ1v) is 12.0. The number of aliphatic hydroxyl groups is 1. The Morgan fingerprint density at radius 3 is 2.31 bits per heavy atom. The second-order valence-electron chi connectivity index (χ2n) is 9.09. The lowest BCUT2D eigenvalue weighted by Crippen LogP contribution is -2.48. The molecule has 1 aliphatic heterocycles. The van der Waals surface area contributed by atoms with E-state index >= 15 is 0 Å². The molecule has 0 amide bonds. The maximum atomic E-state index is 9.89. The molecule has 0 aromatic rings. The van der Waals surface area contributed by atoms with Crippen molar-refractivity contribution in [1.82, 2.24) is 0 Å². The molecule has 0 radical (unpaired) electrons. The van der Waals surface area contributed by atoms with Crippen molar-refractivity contribution in [3.8, 4) is 0 Å². The maximum Gasteiger partial charge on any atom is 0.282 e. The summed E-state index contributed by atoms with van der Waals surface area (Å²) in [6.45, 7) is 1.88. The first-order valence-electron chi connectivity index (χ1n) is 10.2. The SMILES string of the molecule is OC1=C(CCCCCOCC23CC4CC(CC(C4)C2)C3)C(Br)C(=CBr)O1. The molecule has 0 saturated heterocycles. The van der Waals surface area contributed by atoms with Crippen molar-refractivity contribution < 1.29 is 14.6 Å². The average molecular weight is 490 g/mol. The third-order valence-electron chi connectivity index (χ3n) is 6.96. The van der Waals surface area contributed by atoms with E-state index in [1.807, 2.05) is 0 Å². The number of aliphatic hydroxyl groups excluding tert-OH is 1. The van der Waals surface area contributed by atoms with E-state index in [9.17, 15) is 5.11 Å². The number of allylic oxidation sites excluding steroid dienone is 1. The molecule has 4 bridgehead atoms. The van der Waals surface area contributed by atoms with Crippen LogP contribution in [0.15, 0.2) is 22.3 Å². The molecule has 4 fully saturated rings. The van der Waals surface area contributed by atoms with Gasteiger partial charge in [-0.05, 0) is 81.0 Å². The summed E-state index contributed by atoms with van der Waals surface area (Å²) in [7, 11) is 0. The van der Waals surface area contributed by atoms with Gasteiger partial charge in [0.15, 0.2) is 0 Å². The van der Waals surface area contributed by atoms with Crippen molar-refractivity contribution >= 4 is 31.9 Å². The van der Waals surface area contributed by atoms with Gasteiger partial charge in [-0.3, -0.25) is 0 Å². The molecular formula is C21H30Br2O3. The van der Waals surface area contributed by atoms with Crippen LogP contribution in [0.1, 0.15) is 64.2 Å². The first kappa shape index (κ1) is 19.3. The number of rotatable bonds is 8. The maximum absolute atomic E-state index is 9.89. The van der Waals surface area contributed by atoms with Crippen LogP contribution in [0.2, 0.25) is 0 Å². The number of alkyl halides is 1. The van der Waals surface area contributed by atoms with Crippen molar-refractivity contribution in [3.63, 3.8) is 0 Å². The summed E-state index contributed by atoms with van der Waals surface area (Å²) in [5.74, 6) is 3.81. The summed E-state index contributed by atoms with van der Waals surface area (Å²) in [5.41, 5.74) is 1.49. The highest BCUT2D eigenvalue weighted by Gasteiger charge is 2.50. The Balaban J connectivity index is 1.12. The minimum atomic E-state index is -0.00536. The largest absolute Gasteiger partial charge is 0.481 e. The van der Waals surface area contributed by atoms with E-state index in [0.29, 0.717) is 5.41 Å². The van der Waals surface area contributed by atoms with Crippen molar-refractivity contribution in [1.29, 1.82) is 0 Å². The monoisotopic (exact) mass is 488 g/mol. The van der Waals surface area contributed by atoms with Crippen LogP contribution in [0.4, 0.5) is 0 Å². The third-order valence-corrected chi connectivity index (χ3v) is 8.42. The van der Waals surface area contributed by atoms with Gasteiger partial charge in [0, 0.05) is 17.2 Å². The minimum Gasteiger partial charge on any atom is -0.481 e. The van der Waals surface area contributed by atoms with Crippen LogP contribution in [-0.4, -0.2) is 23.1 Å². The van der Waals surface area contributed by atoms with Crippen molar-refractivity contribution in [2.45, 2.75) is 69.0 Å². The molecule has 0 aromatic carbocycles. The smallest absolute Gasteiger partial charge is 0.282 e. The topological polar surface area (TPSA) is 38.7 Å². The molecule has 3 nitrogen and oxygen atoms in total. The van der Waals surface area contributed by atoms with Crippen LogP contribution < -0.4 is 0 Å². The Hall–Kier alpha value is -0.0000000000000000555. The predicted molar refractivity (Wildman–Crippen MR) is 110 cm³/mol. The van der Waals surface area contributed by atoms with E-state index in [1.54, 1.807) is 4.99 Å². The van der Waals surface area contributed by atoms with Gasteiger partial charge in [-0.25, -0.2) is 0 Å². The molecule has 1 atom stereocenters. The molecule has 146 valence electrons. The number of unbranched alkanes of at least 4 members (excludes halogenated alkanes) is 2. The van der Waals surface area contributed by atoms with Gasteiger partial charge in [-0.1, -0.05) is 38.3 Å². The summed E-state index contributed by atoms with van der Waals surface area (Å²) in [4.78, 5) is 1.71. The molecule has 0 spiro atoms. The van der Waals surface area contributed by atoms with Gasteiger partial charge in [-0.2, -0.15) is 0 Å². The zero-order valence-corrected chi connectivity index (χ0v) is 18.6. The van der Waals surface area contributed by atoms with Crippen LogP contribution >= 0.6 is 31.9 Å². The van der Waals surface area contributed by atoms with Crippen LogP contribution in [0, 0.1) is 23.2 Å². The van der Waals surface area contributed by atoms with E-state index in [0.717, 1.165) is 68.0 Å². The van der Waals surface area contributed by atoms with Gasteiger partial charge >= 0.3 is 0 Å². The summed E-state index contributed by atoms with van der Waals surface area (Å²) in [5, 5.41) is 9.89. The highest BCUT2D eigenvalue weighted by molar-refractivity contribution is 9.11. The van der Waals surface area contributed by atoms with Crippen LogP contribution in [0.5, 0.6) is 0 Å². The molecule has 26 heavy (non-hydrogen) atoms. The van der Waals surface area contributed by atoms with Gasteiger partial charge in [0.2, 0.25) is 0 Å². The molecule has 1 heterocycles. The fourth-order valence-corrected chi connectivity index (χ4v) is 7.63. The van der Waals surface area contributed by atoms with E-state index in [1.165, 1.54) is 38.5 Å². The Labute approximate surface area is 173 Å². The van der Waals surface area contributed by atoms with Gasteiger partial charge in [0.25, 0.3) is 5.95 Å². The van der Waals surface area contributed by atoms with Crippen molar-refractivity contribution in [2.75, 3.05) is 13.2 Å². The second kappa shape index (κ2) is 8.16. The van der Waals surface area contributed by atoms with Gasteiger partial charge in [0.05, 0.1) is 6.61 Å². The lowest BCUT2D eigenvalue weighted by Gasteiger charge is -2.56. The van der Waals surface area contributed by atoms with Crippen LogP contribution in [0.3, 0.4) is 0 Å². The lowest BCUT2D eigenvalue weighted by molar-refractivity contribution is -0.0965. The van der Waals surface area contributed by atoms with Crippen LogP contribution in [0.25, 0.3) is 0 Å². The number of hydrogen-bond acceptors (Lipinski definition) is 3. The van der Waals surface area contributed by atoms with E-state index in [-0.39, 0.29) is 10.8 Å². The number of hydrogen-bond donors (Lipinski definition) is 1. The molecule has 5 aliphatic rings. The Morgan fingerprint density at radius 2 is 1.73 bits per heavy atom. The third kappa shape index (κ3) is 4.05. The zero-order valence-electron chi connectivity index (χ0n) is 15.4. The highest BCUT2D eigenvalue weighted by Crippen LogP contribution is 2.60. The lowest BCUT2D eigenvalue weighted by atomic mass is 9.50. The molecule has 5 rings (SSSR count). The average Bonchev–Trinajstić information content (AvgIpc) is 2.87. The van der Waals surface area contributed by atoms with Gasteiger partial charge in [0.1, 0.15) is 10.6 Å². The van der Waals surface area contributed by atoms with Crippen molar-refractivity contribution in [2.24, 2.45) is 23.2 Å². The quantitative estimate of drug-likeness (QED) is 0.309.